The molecule has 1 aromatic carbocycles. The fraction of sp³-hybridized carbons (Fsp3) is 0.316. The van der Waals surface area contributed by atoms with Crippen molar-refractivity contribution in [3.63, 3.8) is 0 Å². The summed E-state index contributed by atoms with van der Waals surface area (Å²) in [5.74, 6) is -0.00774. The summed E-state index contributed by atoms with van der Waals surface area (Å²) in [6.45, 7) is 4.63. The number of halogens is 2. The number of hydrogen-bond acceptors (Lipinski definition) is 8. The van der Waals surface area contributed by atoms with Crippen LogP contribution in [0.3, 0.4) is 0 Å². The summed E-state index contributed by atoms with van der Waals surface area (Å²) in [6, 6.07) is 20.6. The largest absolute Gasteiger partial charge is 1.00 e. The van der Waals surface area contributed by atoms with E-state index >= 15 is 0 Å². The molecule has 0 saturated carbocycles. The van der Waals surface area contributed by atoms with Crippen LogP contribution in [0.1, 0.15) is 46.7 Å². The van der Waals surface area contributed by atoms with Crippen LogP contribution in [-0.4, -0.2) is 106 Å². The number of nitrogens with one attached hydrogen (secondary N) is 4. The number of aromatic nitrogens is 4. The standard InChI is InChI=1S/C38H40N10O4.2HI/c1-47(19-3-4-20-47)23-33(49)43-29-9-7-11-31(41-29)45-37(51)27-17-15-25-13-14-26-16-18-28(40-36(26)35(25)39-27)38(52)46-32-12-8-10-30(42-32)44-34(50)24-48(2)21-5-6-22-48;;/h7-18H,3-6,19-24H2,1-2H3,(H2-2,41,42,43,44,45,46,49,50,51,52);2*1H. The van der Waals surface area contributed by atoms with Gasteiger partial charge in [-0.15, -0.1) is 0 Å². The number of quaternary nitrogens is 2. The molecule has 4 amide bonds. The minimum Gasteiger partial charge on any atom is -1.00 e. The van der Waals surface area contributed by atoms with Crippen LogP contribution in [-0.2, 0) is 9.59 Å². The second-order valence-electron chi connectivity index (χ2n) is 14.3. The van der Waals surface area contributed by atoms with Gasteiger partial charge in [-0.2, -0.15) is 0 Å². The van der Waals surface area contributed by atoms with Gasteiger partial charge in [0.05, 0.1) is 51.3 Å². The van der Waals surface area contributed by atoms with E-state index in [1.165, 1.54) is 0 Å². The van der Waals surface area contributed by atoms with Crippen LogP contribution in [0.25, 0.3) is 21.8 Å². The van der Waals surface area contributed by atoms with Gasteiger partial charge in [0.1, 0.15) is 34.7 Å². The number of anilines is 4. The molecule has 0 unspecified atom stereocenters. The first kappa shape index (κ1) is 40.8. The summed E-state index contributed by atoms with van der Waals surface area (Å²) in [7, 11) is 4.17. The molecular weight excluding hydrogens is 914 g/mol. The number of carbonyl (C=O) groups is 4. The molecule has 7 rings (SSSR count). The Morgan fingerprint density at radius 1 is 0.500 bits per heavy atom. The molecule has 4 N–H and O–H groups in total. The number of likely N-dealkylation sites (tertiary alicyclic amines) is 2. The number of carbonyl (C=O) groups excluding carboxylic acids is 4. The topological polar surface area (TPSA) is 168 Å². The van der Waals surface area contributed by atoms with E-state index in [9.17, 15) is 19.2 Å². The maximum atomic E-state index is 13.4. The summed E-state index contributed by atoms with van der Waals surface area (Å²) < 4.78 is 1.41. The fourth-order valence-corrected chi connectivity index (χ4v) is 7.10. The smallest absolute Gasteiger partial charge is 0.280 e. The Balaban J connectivity index is 0.00000280. The Labute approximate surface area is 347 Å². The molecule has 0 radical (unpaired) electrons. The minimum atomic E-state index is -0.492. The van der Waals surface area contributed by atoms with Crippen LogP contribution >= 0.6 is 0 Å². The lowest BCUT2D eigenvalue weighted by Gasteiger charge is -2.28. The van der Waals surface area contributed by atoms with Gasteiger partial charge in [-0.1, -0.05) is 36.4 Å². The molecule has 14 nitrogen and oxygen atoms in total. The predicted molar refractivity (Wildman–Crippen MR) is 199 cm³/mol. The van der Waals surface area contributed by atoms with Gasteiger partial charge in [0.2, 0.25) is 0 Å². The van der Waals surface area contributed by atoms with Crippen molar-refractivity contribution in [2.45, 2.75) is 25.7 Å². The predicted octanol–water partition coefficient (Wildman–Crippen LogP) is -1.56. The maximum absolute atomic E-state index is 13.4. The normalized spacial score (nSPS) is 15.4. The van der Waals surface area contributed by atoms with Gasteiger partial charge < -0.3 is 78.2 Å². The van der Waals surface area contributed by atoms with E-state index in [1.807, 2.05) is 12.1 Å². The number of benzene rings is 1. The minimum absolute atomic E-state index is 0. The first-order valence-corrected chi connectivity index (χ1v) is 17.6. The van der Waals surface area contributed by atoms with E-state index in [0.717, 1.165) is 62.6 Å². The first-order chi connectivity index (χ1) is 25.0. The molecule has 16 heteroatoms. The second kappa shape index (κ2) is 17.4. The number of likely N-dealkylation sites (N-methyl/N-ethyl adjacent to an activating group) is 2. The van der Waals surface area contributed by atoms with Crippen molar-refractivity contribution in [3.8, 4) is 0 Å². The second-order valence-corrected chi connectivity index (χ2v) is 14.3. The molecule has 0 bridgehead atoms. The lowest BCUT2D eigenvalue weighted by molar-refractivity contribution is -0.889. The molecule has 0 atom stereocenters. The zero-order valence-corrected chi connectivity index (χ0v) is 34.4. The number of rotatable bonds is 10. The highest BCUT2D eigenvalue weighted by molar-refractivity contribution is 6.09. The Morgan fingerprint density at radius 2 is 0.833 bits per heavy atom. The first-order valence-electron chi connectivity index (χ1n) is 17.6. The monoisotopic (exact) mass is 956 g/mol. The Kier molecular flexibility index (Phi) is 13.1. The molecule has 2 aliphatic rings. The summed E-state index contributed by atoms with van der Waals surface area (Å²) in [4.78, 5) is 70.2. The third-order valence-corrected chi connectivity index (χ3v) is 9.84. The quantitative estimate of drug-likeness (QED) is 0.0742. The maximum Gasteiger partial charge on any atom is 0.280 e. The van der Waals surface area contributed by atoms with Crippen molar-refractivity contribution in [1.82, 2.24) is 19.9 Å². The van der Waals surface area contributed by atoms with Crippen molar-refractivity contribution in [2.24, 2.45) is 0 Å². The molecule has 0 spiro atoms. The van der Waals surface area contributed by atoms with Gasteiger partial charge in [-0.3, -0.25) is 19.2 Å². The summed E-state index contributed by atoms with van der Waals surface area (Å²) in [6.07, 6.45) is 4.46. The van der Waals surface area contributed by atoms with E-state index in [4.69, 9.17) is 0 Å². The molecular formula is C38H42I2N10O4. The van der Waals surface area contributed by atoms with Gasteiger partial charge in [-0.25, -0.2) is 19.9 Å². The van der Waals surface area contributed by atoms with Crippen LogP contribution in [0.15, 0.2) is 72.8 Å². The van der Waals surface area contributed by atoms with E-state index < -0.39 is 11.8 Å². The number of nitrogens with zero attached hydrogens (tertiary/aromatic N) is 6. The van der Waals surface area contributed by atoms with Crippen LogP contribution < -0.4 is 69.2 Å². The Bertz CT molecular complexity index is 2050. The average molecular weight is 957 g/mol. The Morgan fingerprint density at radius 3 is 1.20 bits per heavy atom. The molecule has 2 fully saturated rings. The van der Waals surface area contributed by atoms with Crippen LogP contribution in [0, 0.1) is 0 Å². The SMILES string of the molecule is C[N+]1(CC(=O)Nc2cccc(NC(=O)c3ccc4ccc5ccc(C(=O)Nc6cccc(NC(=O)C[N+]7(C)CCCC7)n6)nc5c4n3)n2)CCCC1.[I-].[I-]. The molecule has 4 aromatic heterocycles. The van der Waals surface area contributed by atoms with Crippen LogP contribution in [0.5, 0.6) is 0 Å². The number of hydrogen-bond donors (Lipinski definition) is 4. The van der Waals surface area contributed by atoms with Crippen molar-refractivity contribution in [3.05, 3.63) is 84.2 Å². The number of fused-ring (bicyclic) bond motifs is 3. The van der Waals surface area contributed by atoms with E-state index in [-0.39, 0.29) is 82.8 Å². The molecule has 54 heavy (non-hydrogen) atoms. The average Bonchev–Trinajstić information content (AvgIpc) is 3.75. The Hall–Kier alpha value is -4.40. The zero-order valence-electron chi connectivity index (χ0n) is 30.1. The van der Waals surface area contributed by atoms with Crippen molar-refractivity contribution < 1.29 is 76.1 Å². The number of amides is 4. The van der Waals surface area contributed by atoms with Gasteiger partial charge in [0.25, 0.3) is 23.6 Å². The number of pyridine rings is 4. The van der Waals surface area contributed by atoms with Gasteiger partial charge in [0, 0.05) is 36.5 Å². The molecule has 6 heterocycles. The molecule has 2 aliphatic heterocycles. The highest BCUT2D eigenvalue weighted by atomic mass is 127. The van der Waals surface area contributed by atoms with E-state index in [1.54, 1.807) is 60.7 Å². The van der Waals surface area contributed by atoms with Crippen LogP contribution in [0.2, 0.25) is 0 Å². The third kappa shape index (κ3) is 9.82. The van der Waals surface area contributed by atoms with Crippen molar-refractivity contribution >= 4 is 68.7 Å². The van der Waals surface area contributed by atoms with Crippen LogP contribution in [0.4, 0.5) is 23.3 Å². The summed E-state index contributed by atoms with van der Waals surface area (Å²) in [5.41, 5.74) is 1.15. The summed E-state index contributed by atoms with van der Waals surface area (Å²) in [5, 5.41) is 12.7. The highest BCUT2D eigenvalue weighted by Gasteiger charge is 2.30. The summed E-state index contributed by atoms with van der Waals surface area (Å²) >= 11 is 0. The third-order valence-electron chi connectivity index (χ3n) is 9.84. The molecule has 5 aromatic rings. The fourth-order valence-electron chi connectivity index (χ4n) is 7.10. The molecule has 0 aliphatic carbocycles. The molecule has 282 valence electrons. The lowest BCUT2D eigenvalue weighted by Crippen LogP contribution is -3.00. The van der Waals surface area contributed by atoms with E-state index in [0.29, 0.717) is 44.7 Å². The molecule has 2 saturated heterocycles. The highest BCUT2D eigenvalue weighted by Crippen LogP contribution is 2.24. The van der Waals surface area contributed by atoms with Crippen molar-refractivity contribution in [1.29, 1.82) is 0 Å². The van der Waals surface area contributed by atoms with Gasteiger partial charge in [-0.05, 0) is 36.4 Å². The zero-order chi connectivity index (χ0) is 36.3. The van der Waals surface area contributed by atoms with Crippen molar-refractivity contribution in [2.75, 3.05) is 74.6 Å². The van der Waals surface area contributed by atoms with Gasteiger partial charge in [0.15, 0.2) is 13.1 Å². The van der Waals surface area contributed by atoms with Gasteiger partial charge >= 0.3 is 0 Å². The lowest BCUT2D eigenvalue weighted by atomic mass is 10.1. The van der Waals surface area contributed by atoms with E-state index in [2.05, 4.69) is 55.3 Å².